The van der Waals surface area contributed by atoms with Crippen molar-refractivity contribution >= 4 is 17.7 Å². The van der Waals surface area contributed by atoms with Gasteiger partial charge in [0.25, 0.3) is 0 Å². The fourth-order valence-corrected chi connectivity index (χ4v) is 7.55. The second kappa shape index (κ2) is 7.54. The number of nitrogens with zero attached hydrogens (tertiary/aromatic N) is 1. The quantitative estimate of drug-likeness (QED) is 0.584. The summed E-state index contributed by atoms with van der Waals surface area (Å²) in [6, 6.07) is 3.26. The molecule has 0 radical (unpaired) electrons. The second-order valence-corrected chi connectivity index (χ2v) is 10.5. The molecule has 3 N–H and O–H groups in total. The van der Waals surface area contributed by atoms with Gasteiger partial charge < -0.3 is 24.6 Å². The van der Waals surface area contributed by atoms with Crippen LogP contribution in [0.25, 0.3) is 0 Å². The maximum atomic E-state index is 12.0. The fourth-order valence-electron chi connectivity index (χ4n) is 7.08. The Kier molecular flexibility index (Phi) is 5.20. The number of phenolic OH excluding ortho intramolecular Hbond substituents is 1. The van der Waals surface area contributed by atoms with Crippen molar-refractivity contribution in [3.63, 3.8) is 0 Å². The van der Waals surface area contributed by atoms with Crippen molar-refractivity contribution in [3.05, 3.63) is 23.3 Å². The average molecular weight is 449 g/mol. The number of benzene rings is 1. The summed E-state index contributed by atoms with van der Waals surface area (Å²) in [5, 5.41) is 24.0. The first-order valence-electron chi connectivity index (χ1n) is 11.1. The summed E-state index contributed by atoms with van der Waals surface area (Å²) >= 11 is 1.66. The van der Waals surface area contributed by atoms with Crippen LogP contribution in [0, 0.1) is 0 Å². The number of hydrogen-bond donors (Lipinski definition) is 3. The van der Waals surface area contributed by atoms with Crippen molar-refractivity contribution in [2.24, 2.45) is 0 Å². The Labute approximate surface area is 187 Å². The number of aliphatic carboxylic acids is 1. The number of rotatable bonds is 7. The summed E-state index contributed by atoms with van der Waals surface area (Å²) in [4.78, 5) is 14.4. The highest BCUT2D eigenvalue weighted by atomic mass is 32.2. The molecule has 1 aromatic carbocycles. The molecule has 2 fully saturated rings. The molecule has 4 aliphatic rings. The number of likely N-dealkylation sites (N-methyl/N-ethyl adjacent to an activating group) is 1. The van der Waals surface area contributed by atoms with Crippen LogP contribution in [-0.4, -0.2) is 83.6 Å². The van der Waals surface area contributed by atoms with Crippen LogP contribution in [-0.2, 0) is 21.4 Å². The summed E-state index contributed by atoms with van der Waals surface area (Å²) in [6.07, 6.45) is 5.63. The van der Waals surface area contributed by atoms with E-state index in [0.29, 0.717) is 12.2 Å². The van der Waals surface area contributed by atoms with Gasteiger partial charge >= 0.3 is 5.97 Å². The monoisotopic (exact) mass is 448 g/mol. The summed E-state index contributed by atoms with van der Waals surface area (Å²) < 4.78 is 13.0. The van der Waals surface area contributed by atoms with Crippen molar-refractivity contribution < 1.29 is 24.5 Å². The first kappa shape index (κ1) is 21.4. The van der Waals surface area contributed by atoms with Gasteiger partial charge in [-0.25, -0.2) is 0 Å². The third kappa shape index (κ3) is 2.74. The SMILES string of the molecule is CO[C@@]12CC[C@@H](N[C@@H](CCSC)C(=O)O)[C@@H]3Oc4c(O)ccc5c4[C@@]31CCN(C)[C@@H]2C5. The van der Waals surface area contributed by atoms with Gasteiger partial charge in [-0.3, -0.25) is 10.1 Å². The van der Waals surface area contributed by atoms with Gasteiger partial charge in [-0.1, -0.05) is 6.07 Å². The number of piperidine rings is 1. The number of carbonyl (C=O) groups is 1. The molecule has 7 nitrogen and oxygen atoms in total. The molecule has 0 unspecified atom stereocenters. The van der Waals surface area contributed by atoms with Crippen LogP contribution < -0.4 is 10.1 Å². The number of carboxylic acids is 1. The Hall–Kier alpha value is -1.48. The molecule has 6 atom stereocenters. The van der Waals surface area contributed by atoms with E-state index in [1.807, 2.05) is 19.4 Å². The smallest absolute Gasteiger partial charge is 0.320 e. The molecule has 2 heterocycles. The Balaban J connectivity index is 1.61. The van der Waals surface area contributed by atoms with Gasteiger partial charge in [0.2, 0.25) is 0 Å². The van der Waals surface area contributed by atoms with E-state index in [2.05, 4.69) is 17.3 Å². The Bertz CT molecular complexity index is 897. The molecule has 1 saturated carbocycles. The standard InChI is InChI=1S/C23H32N2O5S/c1-25-10-9-22-18-13-4-5-16(26)19(18)30-20(22)14(24-15(21(27)28)7-11-31-3)6-8-23(22,29-2)17(25)12-13/h4-5,14-15,17,20,24,26H,6-12H2,1-3H3,(H,27,28)/t14-,15+,17-,20+,22+,23-/m1/s1. The van der Waals surface area contributed by atoms with Crippen molar-refractivity contribution in [2.75, 3.05) is 32.7 Å². The molecule has 0 aromatic heterocycles. The zero-order chi connectivity index (χ0) is 22.0. The van der Waals surface area contributed by atoms with E-state index in [1.165, 1.54) is 5.56 Å². The Morgan fingerprint density at radius 3 is 2.97 bits per heavy atom. The minimum Gasteiger partial charge on any atom is -0.504 e. The van der Waals surface area contributed by atoms with Crippen LogP contribution in [0.4, 0.5) is 0 Å². The normalized spacial score (nSPS) is 36.5. The predicted octanol–water partition coefficient (Wildman–Crippen LogP) is 1.99. The molecule has 8 heteroatoms. The third-order valence-electron chi connectivity index (χ3n) is 8.38. The van der Waals surface area contributed by atoms with Crippen molar-refractivity contribution in [3.8, 4) is 11.5 Å². The highest BCUT2D eigenvalue weighted by molar-refractivity contribution is 7.98. The van der Waals surface area contributed by atoms with Crippen molar-refractivity contribution in [1.29, 1.82) is 0 Å². The molecule has 2 aliphatic carbocycles. The van der Waals surface area contributed by atoms with Crippen LogP contribution >= 0.6 is 11.8 Å². The number of carboxylic acid groups (broad SMARTS) is 1. The van der Waals surface area contributed by atoms with Crippen molar-refractivity contribution in [1.82, 2.24) is 10.2 Å². The van der Waals surface area contributed by atoms with E-state index < -0.39 is 17.6 Å². The molecule has 1 aromatic rings. The van der Waals surface area contributed by atoms with Crippen LogP contribution in [0.1, 0.15) is 36.8 Å². The maximum absolute atomic E-state index is 12.0. The van der Waals surface area contributed by atoms with Gasteiger partial charge in [-0.15, -0.1) is 0 Å². The highest BCUT2D eigenvalue weighted by Gasteiger charge is 2.73. The van der Waals surface area contributed by atoms with E-state index >= 15 is 0 Å². The first-order valence-corrected chi connectivity index (χ1v) is 12.5. The van der Waals surface area contributed by atoms with Crippen LogP contribution in [0.5, 0.6) is 11.5 Å². The van der Waals surface area contributed by atoms with Gasteiger partial charge in [-0.2, -0.15) is 11.8 Å². The maximum Gasteiger partial charge on any atom is 0.320 e. The second-order valence-electron chi connectivity index (χ2n) is 9.49. The number of aromatic hydroxyl groups is 1. The number of phenols is 1. The zero-order valence-electron chi connectivity index (χ0n) is 18.4. The largest absolute Gasteiger partial charge is 0.504 e. The number of hydrogen-bond acceptors (Lipinski definition) is 7. The van der Waals surface area contributed by atoms with Gasteiger partial charge in [0.15, 0.2) is 11.5 Å². The van der Waals surface area contributed by atoms with Crippen LogP contribution in [0.15, 0.2) is 12.1 Å². The molecule has 1 saturated heterocycles. The molecule has 170 valence electrons. The first-order chi connectivity index (χ1) is 14.9. The number of thioether (sulfide) groups is 1. The Morgan fingerprint density at radius 2 is 2.26 bits per heavy atom. The lowest BCUT2D eigenvalue weighted by Crippen LogP contribution is -2.78. The molecular weight excluding hydrogens is 416 g/mol. The average Bonchev–Trinajstić information content (AvgIpc) is 3.11. The minimum absolute atomic E-state index is 0.118. The van der Waals surface area contributed by atoms with Crippen molar-refractivity contribution in [2.45, 2.75) is 67.3 Å². The lowest BCUT2D eigenvalue weighted by Gasteiger charge is -2.65. The summed E-state index contributed by atoms with van der Waals surface area (Å²) in [6.45, 7) is 0.922. The van der Waals surface area contributed by atoms with Gasteiger partial charge in [-0.05, 0) is 69.3 Å². The van der Waals surface area contributed by atoms with Gasteiger partial charge in [0.05, 0.1) is 11.0 Å². The van der Waals surface area contributed by atoms with E-state index in [1.54, 1.807) is 17.8 Å². The number of ether oxygens (including phenoxy) is 2. The van der Waals surface area contributed by atoms with Crippen LogP contribution in [0.3, 0.4) is 0 Å². The zero-order valence-corrected chi connectivity index (χ0v) is 19.2. The third-order valence-corrected chi connectivity index (χ3v) is 9.02. The number of nitrogens with one attached hydrogen (secondary N) is 1. The van der Waals surface area contributed by atoms with E-state index in [0.717, 1.165) is 43.5 Å². The fraction of sp³-hybridized carbons (Fsp3) is 0.696. The van der Waals surface area contributed by atoms with Gasteiger partial charge in [0, 0.05) is 24.8 Å². The summed E-state index contributed by atoms with van der Waals surface area (Å²) in [7, 11) is 3.98. The number of likely N-dealkylation sites (tertiary alicyclic amines) is 1. The van der Waals surface area contributed by atoms with E-state index in [-0.39, 0.29) is 29.4 Å². The van der Waals surface area contributed by atoms with Crippen LogP contribution in [0.2, 0.25) is 0 Å². The minimum atomic E-state index is -0.820. The molecule has 0 amide bonds. The van der Waals surface area contributed by atoms with E-state index in [4.69, 9.17) is 9.47 Å². The topological polar surface area (TPSA) is 91.3 Å². The molecule has 1 spiro atoms. The number of methoxy groups -OCH3 is 1. The van der Waals surface area contributed by atoms with E-state index in [9.17, 15) is 15.0 Å². The molecule has 2 aliphatic heterocycles. The molecule has 2 bridgehead atoms. The lowest BCUT2D eigenvalue weighted by atomic mass is 9.48. The molecule has 5 rings (SSSR count). The molecular formula is C23H32N2O5S. The summed E-state index contributed by atoms with van der Waals surface area (Å²) in [5.41, 5.74) is 1.52. The van der Waals surface area contributed by atoms with Gasteiger partial charge in [0.1, 0.15) is 12.1 Å². The lowest BCUT2D eigenvalue weighted by molar-refractivity contribution is -0.204. The molecule has 31 heavy (non-hydrogen) atoms. The summed E-state index contributed by atoms with van der Waals surface area (Å²) in [5.74, 6) is 0.712. The predicted molar refractivity (Wildman–Crippen MR) is 119 cm³/mol. The highest BCUT2D eigenvalue weighted by Crippen LogP contribution is 2.66. The Morgan fingerprint density at radius 1 is 1.45 bits per heavy atom.